The van der Waals surface area contributed by atoms with Gasteiger partial charge in [-0.15, -0.1) is 0 Å². The van der Waals surface area contributed by atoms with Crippen LogP contribution in [0, 0.1) is 0 Å². The number of hydrogen-bond acceptors (Lipinski definition) is 4. The molecule has 0 saturated carbocycles. The van der Waals surface area contributed by atoms with Crippen LogP contribution in [0.5, 0.6) is 0 Å². The van der Waals surface area contributed by atoms with Crippen LogP contribution in [-0.2, 0) is 21.6 Å². The third-order valence-electron chi connectivity index (χ3n) is 3.45. The number of hydrogen-bond donors (Lipinski definition) is 1. The van der Waals surface area contributed by atoms with Crippen molar-refractivity contribution in [2.45, 2.75) is 19.0 Å². The molecule has 0 aromatic carbocycles. The number of fused-ring (bicyclic) bond motifs is 2. The van der Waals surface area contributed by atoms with Crippen LogP contribution >= 0.6 is 0 Å². The fraction of sp³-hybridized carbons (Fsp3) is 0.583. The van der Waals surface area contributed by atoms with Gasteiger partial charge in [-0.2, -0.15) is 0 Å². The minimum atomic E-state index is -0.240. The van der Waals surface area contributed by atoms with Gasteiger partial charge in [0.1, 0.15) is 11.2 Å². The van der Waals surface area contributed by atoms with E-state index in [-0.39, 0.29) is 11.5 Å². The Morgan fingerprint density at radius 1 is 1.59 bits per heavy atom. The van der Waals surface area contributed by atoms with E-state index in [0.29, 0.717) is 25.5 Å². The molecule has 1 spiro atoms. The molecule has 3 heterocycles. The fourth-order valence-corrected chi connectivity index (χ4v) is 2.56. The largest absolute Gasteiger partial charge is 0.461 e. The molecule has 1 aromatic heterocycles. The minimum Gasteiger partial charge on any atom is -0.461 e. The van der Waals surface area contributed by atoms with Crippen molar-refractivity contribution in [1.82, 2.24) is 9.88 Å². The first-order valence-corrected chi connectivity index (χ1v) is 5.97. The predicted molar refractivity (Wildman–Crippen MR) is 60.9 cm³/mol. The van der Waals surface area contributed by atoms with Gasteiger partial charge in [-0.25, -0.2) is 4.79 Å². The summed E-state index contributed by atoms with van der Waals surface area (Å²) in [6.45, 7) is 5.25. The summed E-state index contributed by atoms with van der Waals surface area (Å²) >= 11 is 0. The van der Waals surface area contributed by atoms with Crippen molar-refractivity contribution in [3.8, 4) is 0 Å². The summed E-state index contributed by atoms with van der Waals surface area (Å²) in [5.74, 6) is -0.240. The van der Waals surface area contributed by atoms with Gasteiger partial charge in [-0.3, -0.25) is 0 Å². The molecule has 3 rings (SSSR count). The lowest BCUT2D eigenvalue weighted by Crippen LogP contribution is -2.61. The fourth-order valence-electron chi connectivity index (χ4n) is 2.56. The zero-order chi connectivity index (χ0) is 11.9. The summed E-state index contributed by atoms with van der Waals surface area (Å²) in [4.78, 5) is 11.8. The van der Waals surface area contributed by atoms with Crippen molar-refractivity contribution < 1.29 is 14.3 Å². The highest BCUT2D eigenvalue weighted by molar-refractivity contribution is 5.88. The number of nitrogens with zero attached hydrogens (tertiary/aromatic N) is 1. The molecule has 17 heavy (non-hydrogen) atoms. The Bertz CT molecular complexity index is 449. The maximum Gasteiger partial charge on any atom is 0.354 e. The van der Waals surface area contributed by atoms with Crippen LogP contribution in [0.25, 0.3) is 0 Å². The van der Waals surface area contributed by atoms with Crippen LogP contribution in [0.4, 0.5) is 0 Å². The van der Waals surface area contributed by atoms with Crippen molar-refractivity contribution in [3.63, 3.8) is 0 Å². The van der Waals surface area contributed by atoms with Gasteiger partial charge in [-0.05, 0) is 19.1 Å². The molecular formula is C12H16N2O3. The molecule has 2 aliphatic rings. The molecular weight excluding hydrogens is 220 g/mol. The highest BCUT2D eigenvalue weighted by atomic mass is 16.5. The normalized spacial score (nSPS) is 20.8. The molecule has 1 N–H and O–H groups in total. The van der Waals surface area contributed by atoms with E-state index < -0.39 is 0 Å². The second-order valence-corrected chi connectivity index (χ2v) is 4.48. The van der Waals surface area contributed by atoms with Crippen molar-refractivity contribution in [2.75, 3.05) is 26.4 Å². The van der Waals surface area contributed by atoms with E-state index >= 15 is 0 Å². The average molecular weight is 236 g/mol. The number of aromatic nitrogens is 1. The third kappa shape index (κ3) is 1.50. The summed E-state index contributed by atoms with van der Waals surface area (Å²) < 4.78 is 12.4. The number of rotatable bonds is 2. The number of esters is 1. The number of carbonyl (C=O) groups excluding carboxylic acids is 1. The Hall–Kier alpha value is -1.33. The number of ether oxygens (including phenoxy) is 2. The van der Waals surface area contributed by atoms with Crippen molar-refractivity contribution in [1.29, 1.82) is 0 Å². The Labute approximate surface area is 99.7 Å². The van der Waals surface area contributed by atoms with E-state index in [1.54, 1.807) is 0 Å². The average Bonchev–Trinajstić information content (AvgIpc) is 2.70. The maximum atomic E-state index is 11.8. The minimum absolute atomic E-state index is 0.0804. The summed E-state index contributed by atoms with van der Waals surface area (Å²) in [6, 6.07) is 3.85. The Morgan fingerprint density at radius 2 is 2.41 bits per heavy atom. The molecule has 1 saturated heterocycles. The van der Waals surface area contributed by atoms with Gasteiger partial charge < -0.3 is 19.4 Å². The molecule has 0 aliphatic carbocycles. The summed E-state index contributed by atoms with van der Waals surface area (Å²) in [6.07, 6.45) is 0. The Balaban J connectivity index is 1.96. The van der Waals surface area contributed by atoms with E-state index in [1.807, 2.05) is 19.1 Å². The Kier molecular flexibility index (Phi) is 2.45. The van der Waals surface area contributed by atoms with Gasteiger partial charge in [-0.1, -0.05) is 0 Å². The van der Waals surface area contributed by atoms with Crippen LogP contribution in [-0.4, -0.2) is 36.9 Å². The van der Waals surface area contributed by atoms with E-state index in [9.17, 15) is 4.79 Å². The molecule has 0 bridgehead atoms. The molecule has 0 unspecified atom stereocenters. The van der Waals surface area contributed by atoms with Crippen molar-refractivity contribution in [2.24, 2.45) is 0 Å². The number of carbonyl (C=O) groups is 1. The van der Waals surface area contributed by atoms with Crippen LogP contribution in [0.15, 0.2) is 12.1 Å². The lowest BCUT2D eigenvalue weighted by Gasteiger charge is -2.45. The number of nitrogens with one attached hydrogen (secondary N) is 1. The highest BCUT2D eigenvalue weighted by Crippen LogP contribution is 2.33. The smallest absolute Gasteiger partial charge is 0.354 e. The predicted octanol–water partition coefficient (Wildman–Crippen LogP) is 0.493. The SMILES string of the molecule is CCOC(=O)c1ccc2n1CCNC21COC1. The third-order valence-corrected chi connectivity index (χ3v) is 3.45. The van der Waals surface area contributed by atoms with Crippen LogP contribution in [0.3, 0.4) is 0 Å². The second kappa shape index (κ2) is 3.85. The molecule has 2 aliphatic heterocycles. The van der Waals surface area contributed by atoms with Gasteiger partial charge in [0.2, 0.25) is 0 Å². The molecule has 0 atom stereocenters. The van der Waals surface area contributed by atoms with Gasteiger partial charge in [0.15, 0.2) is 0 Å². The summed E-state index contributed by atoms with van der Waals surface area (Å²) in [5, 5.41) is 3.47. The van der Waals surface area contributed by atoms with Gasteiger partial charge in [0.25, 0.3) is 0 Å². The second-order valence-electron chi connectivity index (χ2n) is 4.48. The summed E-state index contributed by atoms with van der Waals surface area (Å²) in [5.41, 5.74) is 1.70. The first-order valence-electron chi connectivity index (χ1n) is 5.97. The zero-order valence-electron chi connectivity index (χ0n) is 9.86. The molecule has 92 valence electrons. The molecule has 0 radical (unpaired) electrons. The van der Waals surface area contributed by atoms with E-state index in [2.05, 4.69) is 9.88 Å². The summed E-state index contributed by atoms with van der Waals surface area (Å²) in [7, 11) is 0. The van der Waals surface area contributed by atoms with Gasteiger partial charge in [0.05, 0.1) is 19.8 Å². The van der Waals surface area contributed by atoms with Gasteiger partial charge >= 0.3 is 5.97 Å². The first kappa shape index (κ1) is 10.8. The van der Waals surface area contributed by atoms with Crippen LogP contribution in [0.1, 0.15) is 23.1 Å². The van der Waals surface area contributed by atoms with E-state index in [4.69, 9.17) is 9.47 Å². The van der Waals surface area contributed by atoms with Crippen LogP contribution in [0.2, 0.25) is 0 Å². The van der Waals surface area contributed by atoms with Crippen molar-refractivity contribution >= 4 is 5.97 Å². The molecule has 5 heteroatoms. The maximum absolute atomic E-state index is 11.8. The quantitative estimate of drug-likeness (QED) is 0.759. The van der Waals surface area contributed by atoms with Crippen molar-refractivity contribution in [3.05, 3.63) is 23.5 Å². The molecule has 5 nitrogen and oxygen atoms in total. The zero-order valence-corrected chi connectivity index (χ0v) is 9.86. The monoisotopic (exact) mass is 236 g/mol. The van der Waals surface area contributed by atoms with Gasteiger partial charge in [0, 0.05) is 18.8 Å². The Morgan fingerprint density at radius 3 is 3.06 bits per heavy atom. The molecule has 0 amide bonds. The van der Waals surface area contributed by atoms with E-state index in [0.717, 1.165) is 18.8 Å². The van der Waals surface area contributed by atoms with E-state index in [1.165, 1.54) is 0 Å². The molecule has 1 fully saturated rings. The standard InChI is InChI=1S/C12H16N2O3/c1-2-17-11(15)9-3-4-10-12(7-16-8-12)13-5-6-14(9)10/h3-4,13H,2,5-8H2,1H3. The lowest BCUT2D eigenvalue weighted by atomic mass is 9.91. The topological polar surface area (TPSA) is 52.5 Å². The first-order chi connectivity index (χ1) is 8.27. The lowest BCUT2D eigenvalue weighted by molar-refractivity contribution is -0.0878. The van der Waals surface area contributed by atoms with Crippen LogP contribution < -0.4 is 5.32 Å². The highest BCUT2D eigenvalue weighted by Gasteiger charge is 2.44. The molecule has 1 aromatic rings.